The Morgan fingerprint density at radius 1 is 0.929 bits per heavy atom. The first-order valence-electron chi connectivity index (χ1n) is 3.95. The zero-order chi connectivity index (χ0) is 11.0. The lowest BCUT2D eigenvalue weighted by Gasteiger charge is -1.97. The van der Waals surface area contributed by atoms with Gasteiger partial charge in [0.25, 0.3) is 0 Å². The molecule has 1 fully saturated rings. The summed E-state index contributed by atoms with van der Waals surface area (Å²) in [7, 11) is 0. The predicted octanol–water partition coefficient (Wildman–Crippen LogP) is 4.22. The molecule has 5 heteroatoms. The molecule has 0 amide bonds. The second kappa shape index (κ2) is 4.44. The third-order valence-electron chi connectivity index (χ3n) is 2.04. The van der Waals surface area contributed by atoms with Crippen LogP contribution in [0.3, 0.4) is 0 Å². The molecular weight excluding hydrogens is 266 g/mol. The van der Waals surface area contributed by atoms with Crippen molar-refractivity contribution in [2.45, 2.75) is 13.8 Å². The molecular formula is C9H8Cl4O. The maximum atomic E-state index is 11.4. The molecule has 1 nitrogen and oxygen atoms in total. The van der Waals surface area contributed by atoms with Crippen LogP contribution < -0.4 is 0 Å². The van der Waals surface area contributed by atoms with Crippen LogP contribution in [0.25, 0.3) is 0 Å². The van der Waals surface area contributed by atoms with E-state index in [1.165, 1.54) is 0 Å². The number of ketones is 1. The maximum Gasteiger partial charge on any atom is 0.151 e. The third kappa shape index (κ3) is 2.27. The average Bonchev–Trinajstić information content (AvgIpc) is 2.74. The molecule has 2 unspecified atom stereocenters. The summed E-state index contributed by atoms with van der Waals surface area (Å²) < 4.78 is 0. The third-order valence-corrected chi connectivity index (χ3v) is 3.68. The van der Waals surface area contributed by atoms with Crippen LogP contribution in [0.4, 0.5) is 0 Å². The lowest BCUT2D eigenvalue weighted by Crippen LogP contribution is -1.85. The van der Waals surface area contributed by atoms with Gasteiger partial charge in [-0.3, -0.25) is 4.79 Å². The van der Waals surface area contributed by atoms with Crippen LogP contribution in [0.2, 0.25) is 0 Å². The van der Waals surface area contributed by atoms with E-state index in [-0.39, 0.29) is 5.78 Å². The molecule has 0 radical (unpaired) electrons. The summed E-state index contributed by atoms with van der Waals surface area (Å²) in [5, 5.41) is 1.56. The summed E-state index contributed by atoms with van der Waals surface area (Å²) in [6, 6.07) is 0. The monoisotopic (exact) mass is 272 g/mol. The van der Waals surface area contributed by atoms with Gasteiger partial charge in [0, 0.05) is 20.1 Å². The molecule has 1 aliphatic rings. The van der Waals surface area contributed by atoms with E-state index in [0.717, 1.165) is 0 Å². The van der Waals surface area contributed by atoms with Crippen LogP contribution in [-0.4, -0.2) is 5.78 Å². The van der Waals surface area contributed by atoms with Gasteiger partial charge in [-0.2, -0.15) is 0 Å². The number of carbonyl (C=O) groups is 1. The highest BCUT2D eigenvalue weighted by Gasteiger charge is 2.53. The number of Topliss-reactive ketones (excluding diaryl/α,β-unsaturated/α-hetero) is 1. The fourth-order valence-corrected chi connectivity index (χ4v) is 1.91. The lowest BCUT2D eigenvalue weighted by atomic mass is 10.2. The molecule has 0 aromatic carbocycles. The molecule has 0 N–H and O–H groups in total. The highest BCUT2D eigenvalue weighted by atomic mass is 35.5. The van der Waals surface area contributed by atoms with Crippen LogP contribution in [-0.2, 0) is 4.79 Å². The zero-order valence-electron chi connectivity index (χ0n) is 7.57. The standard InChI is InChI=1S/C9H8Cl4O/c1-3(10)7(12)5-6(9(5)14)8(13)4(2)11/h5-6H,1-2H3/b7-3-,8-4-. The van der Waals surface area contributed by atoms with E-state index >= 15 is 0 Å². The van der Waals surface area contributed by atoms with Crippen molar-refractivity contribution in [3.05, 3.63) is 20.1 Å². The zero-order valence-corrected chi connectivity index (χ0v) is 10.6. The Morgan fingerprint density at radius 3 is 1.43 bits per heavy atom. The number of rotatable bonds is 2. The Morgan fingerprint density at radius 2 is 1.21 bits per heavy atom. The summed E-state index contributed by atoms with van der Waals surface area (Å²) in [6.45, 7) is 3.27. The minimum Gasteiger partial charge on any atom is -0.298 e. The normalized spacial score (nSPS) is 29.7. The number of hydrogen-bond donors (Lipinski definition) is 0. The molecule has 0 saturated heterocycles. The van der Waals surface area contributed by atoms with Crippen LogP contribution in [0, 0.1) is 11.8 Å². The Labute approximate surface area is 103 Å². The molecule has 0 heterocycles. The maximum absolute atomic E-state index is 11.4. The predicted molar refractivity (Wildman–Crippen MR) is 60.8 cm³/mol. The van der Waals surface area contributed by atoms with Gasteiger partial charge in [-0.15, -0.1) is 0 Å². The molecule has 78 valence electrons. The fourth-order valence-electron chi connectivity index (χ4n) is 1.21. The Bertz CT molecular complexity index is 303. The average molecular weight is 274 g/mol. The van der Waals surface area contributed by atoms with Gasteiger partial charge in [-0.1, -0.05) is 46.4 Å². The SMILES string of the molecule is C/C(Cl)=C(/Cl)C1C(=O)C1/C(Cl)=C(\C)Cl. The first-order chi connectivity index (χ1) is 6.37. The van der Waals surface area contributed by atoms with Crippen LogP contribution in [0.1, 0.15) is 13.8 Å². The first-order valence-corrected chi connectivity index (χ1v) is 5.46. The van der Waals surface area contributed by atoms with Gasteiger partial charge in [0.1, 0.15) is 0 Å². The number of allylic oxidation sites excluding steroid dienone is 4. The Hall–Kier alpha value is 0.310. The number of halogens is 4. The molecule has 0 bridgehead atoms. The smallest absolute Gasteiger partial charge is 0.151 e. The Balaban J connectivity index is 2.89. The molecule has 0 spiro atoms. The van der Waals surface area contributed by atoms with Crippen molar-refractivity contribution < 1.29 is 4.79 Å². The first kappa shape index (κ1) is 12.4. The largest absolute Gasteiger partial charge is 0.298 e. The summed E-state index contributed by atoms with van der Waals surface area (Å²) >= 11 is 23.1. The summed E-state index contributed by atoms with van der Waals surface area (Å²) in [5.74, 6) is -0.814. The fraction of sp³-hybridized carbons (Fsp3) is 0.444. The second-order valence-corrected chi connectivity index (χ2v) is 5.07. The summed E-state index contributed by atoms with van der Waals surface area (Å²) in [5.41, 5.74) is 0. The number of carbonyl (C=O) groups excluding carboxylic acids is 1. The van der Waals surface area contributed by atoms with Crippen molar-refractivity contribution in [3.63, 3.8) is 0 Å². The molecule has 2 atom stereocenters. The molecule has 1 aliphatic carbocycles. The van der Waals surface area contributed by atoms with E-state index in [0.29, 0.717) is 20.1 Å². The van der Waals surface area contributed by atoms with E-state index in [9.17, 15) is 4.79 Å². The molecule has 1 saturated carbocycles. The molecule has 0 aliphatic heterocycles. The van der Waals surface area contributed by atoms with Gasteiger partial charge in [0.05, 0.1) is 11.8 Å². The minimum atomic E-state index is -0.393. The molecule has 0 aromatic rings. The van der Waals surface area contributed by atoms with Crippen LogP contribution in [0.15, 0.2) is 20.1 Å². The van der Waals surface area contributed by atoms with Gasteiger partial charge < -0.3 is 0 Å². The van der Waals surface area contributed by atoms with Crippen LogP contribution in [0.5, 0.6) is 0 Å². The van der Waals surface area contributed by atoms with Crippen molar-refractivity contribution in [2.75, 3.05) is 0 Å². The van der Waals surface area contributed by atoms with E-state index in [1.54, 1.807) is 13.8 Å². The summed E-state index contributed by atoms with van der Waals surface area (Å²) in [4.78, 5) is 11.4. The van der Waals surface area contributed by atoms with Gasteiger partial charge in [-0.05, 0) is 13.8 Å². The Kier molecular flexibility index (Phi) is 3.93. The van der Waals surface area contributed by atoms with Gasteiger partial charge in [-0.25, -0.2) is 0 Å². The van der Waals surface area contributed by atoms with Crippen molar-refractivity contribution in [3.8, 4) is 0 Å². The van der Waals surface area contributed by atoms with Crippen molar-refractivity contribution in [2.24, 2.45) is 11.8 Å². The van der Waals surface area contributed by atoms with E-state index < -0.39 is 11.8 Å². The minimum absolute atomic E-state index is 0.0278. The van der Waals surface area contributed by atoms with E-state index in [2.05, 4.69) is 0 Å². The lowest BCUT2D eigenvalue weighted by molar-refractivity contribution is -0.111. The van der Waals surface area contributed by atoms with Gasteiger partial charge in [0.15, 0.2) is 5.78 Å². The van der Waals surface area contributed by atoms with Crippen molar-refractivity contribution in [1.29, 1.82) is 0 Å². The van der Waals surface area contributed by atoms with E-state index in [1.807, 2.05) is 0 Å². The van der Waals surface area contributed by atoms with Crippen molar-refractivity contribution in [1.82, 2.24) is 0 Å². The topological polar surface area (TPSA) is 17.1 Å². The molecule has 1 rings (SSSR count). The van der Waals surface area contributed by atoms with Crippen molar-refractivity contribution >= 4 is 52.2 Å². The highest BCUT2D eigenvalue weighted by molar-refractivity contribution is 6.44. The molecule has 0 aromatic heterocycles. The highest BCUT2D eigenvalue weighted by Crippen LogP contribution is 2.49. The second-order valence-electron chi connectivity index (χ2n) is 3.12. The van der Waals surface area contributed by atoms with Gasteiger partial charge >= 0.3 is 0 Å². The van der Waals surface area contributed by atoms with Gasteiger partial charge in [0.2, 0.25) is 0 Å². The van der Waals surface area contributed by atoms with Crippen LogP contribution >= 0.6 is 46.4 Å². The quantitative estimate of drug-likeness (QED) is 0.736. The number of hydrogen-bond acceptors (Lipinski definition) is 1. The molecule has 14 heavy (non-hydrogen) atoms. The summed E-state index contributed by atoms with van der Waals surface area (Å²) in [6.07, 6.45) is 0. The van der Waals surface area contributed by atoms with E-state index in [4.69, 9.17) is 46.4 Å².